The number of aliphatic hydroxyl groups excluding tert-OH is 1. The van der Waals surface area contributed by atoms with E-state index in [1.54, 1.807) is 0 Å². The van der Waals surface area contributed by atoms with Gasteiger partial charge in [-0.1, -0.05) is 12.8 Å². The Hall–Kier alpha value is -0.370. The van der Waals surface area contributed by atoms with E-state index >= 15 is 0 Å². The number of nitrogens with one attached hydrogen (secondary N) is 1. The van der Waals surface area contributed by atoms with Crippen molar-refractivity contribution in [3.05, 3.63) is 0 Å². The summed E-state index contributed by atoms with van der Waals surface area (Å²) in [7, 11) is 0. The van der Waals surface area contributed by atoms with E-state index in [0.29, 0.717) is 12.5 Å². The molecule has 0 aromatic rings. The van der Waals surface area contributed by atoms with Crippen molar-refractivity contribution in [2.75, 3.05) is 6.61 Å². The minimum absolute atomic E-state index is 0.417. The van der Waals surface area contributed by atoms with Crippen LogP contribution in [0.4, 0.5) is 0 Å². The van der Waals surface area contributed by atoms with Crippen LogP contribution in [0.15, 0.2) is 0 Å². The summed E-state index contributed by atoms with van der Waals surface area (Å²) < 4.78 is 0. The van der Waals surface area contributed by atoms with E-state index in [1.807, 2.05) is 0 Å². The van der Waals surface area contributed by atoms with Crippen LogP contribution in [-0.4, -0.2) is 18.4 Å². The van der Waals surface area contributed by atoms with E-state index in [1.165, 1.54) is 25.7 Å². The Morgan fingerprint density at radius 1 is 1.33 bits per heavy atom. The second-order valence-corrected chi connectivity index (χ2v) is 2.33. The summed E-state index contributed by atoms with van der Waals surface area (Å²) in [6.45, 7) is 2.92. The molecular formula is C7H15NO. The van der Waals surface area contributed by atoms with Crippen LogP contribution in [0.2, 0.25) is 0 Å². The molecule has 0 atom stereocenters. The van der Waals surface area contributed by atoms with Gasteiger partial charge in [0.25, 0.3) is 0 Å². The SMILES string of the molecule is C=N.OCC1CCCC1. The van der Waals surface area contributed by atoms with Crippen molar-refractivity contribution < 1.29 is 5.11 Å². The van der Waals surface area contributed by atoms with Gasteiger partial charge in [-0.25, -0.2) is 0 Å². The normalized spacial score (nSPS) is 18.8. The van der Waals surface area contributed by atoms with Crippen molar-refractivity contribution in [2.24, 2.45) is 5.92 Å². The summed E-state index contributed by atoms with van der Waals surface area (Å²) in [5, 5.41) is 14.1. The highest BCUT2D eigenvalue weighted by atomic mass is 16.3. The number of rotatable bonds is 1. The Labute approximate surface area is 56.4 Å². The molecule has 0 heterocycles. The monoisotopic (exact) mass is 129 g/mol. The summed E-state index contributed by atoms with van der Waals surface area (Å²) in [4.78, 5) is 0. The maximum absolute atomic E-state index is 8.57. The third kappa shape index (κ3) is 3.25. The molecule has 0 radical (unpaired) electrons. The lowest BCUT2D eigenvalue weighted by Crippen LogP contribution is -1.97. The van der Waals surface area contributed by atoms with Crippen LogP contribution in [0, 0.1) is 11.3 Å². The number of hydrogen-bond donors (Lipinski definition) is 2. The van der Waals surface area contributed by atoms with Crippen molar-refractivity contribution >= 4 is 6.72 Å². The molecule has 0 aromatic carbocycles. The van der Waals surface area contributed by atoms with E-state index in [0.717, 1.165) is 0 Å². The van der Waals surface area contributed by atoms with Crippen LogP contribution in [0.5, 0.6) is 0 Å². The molecule has 2 N–H and O–H groups in total. The van der Waals surface area contributed by atoms with Crippen LogP contribution in [0.3, 0.4) is 0 Å². The average molecular weight is 129 g/mol. The van der Waals surface area contributed by atoms with E-state index in [9.17, 15) is 0 Å². The smallest absolute Gasteiger partial charge is 0.0459 e. The molecule has 1 aliphatic carbocycles. The van der Waals surface area contributed by atoms with E-state index in [2.05, 4.69) is 6.72 Å². The molecule has 1 saturated carbocycles. The quantitative estimate of drug-likeness (QED) is 0.517. The molecule has 1 aliphatic rings. The predicted octanol–water partition coefficient (Wildman–Crippen LogP) is 1.43. The zero-order chi connectivity index (χ0) is 7.11. The van der Waals surface area contributed by atoms with E-state index in [4.69, 9.17) is 10.5 Å². The second kappa shape index (κ2) is 5.76. The van der Waals surface area contributed by atoms with Crippen LogP contribution in [-0.2, 0) is 0 Å². The largest absolute Gasteiger partial charge is 0.396 e. The van der Waals surface area contributed by atoms with Gasteiger partial charge < -0.3 is 10.5 Å². The summed E-state index contributed by atoms with van der Waals surface area (Å²) in [5.74, 6) is 0.653. The third-order valence-corrected chi connectivity index (χ3v) is 1.73. The third-order valence-electron chi connectivity index (χ3n) is 1.73. The summed E-state index contributed by atoms with van der Waals surface area (Å²) in [6, 6.07) is 0. The van der Waals surface area contributed by atoms with Crippen LogP contribution >= 0.6 is 0 Å². The maximum Gasteiger partial charge on any atom is 0.0459 e. The van der Waals surface area contributed by atoms with Crippen LogP contribution < -0.4 is 0 Å². The molecule has 0 saturated heterocycles. The number of aliphatic hydroxyl groups is 1. The van der Waals surface area contributed by atoms with E-state index < -0.39 is 0 Å². The van der Waals surface area contributed by atoms with Crippen molar-refractivity contribution in [3.63, 3.8) is 0 Å². The lowest BCUT2D eigenvalue weighted by Gasteiger charge is -1.98. The van der Waals surface area contributed by atoms with Gasteiger partial charge in [-0.2, -0.15) is 0 Å². The topological polar surface area (TPSA) is 44.1 Å². The van der Waals surface area contributed by atoms with Crippen LogP contribution in [0.1, 0.15) is 25.7 Å². The van der Waals surface area contributed by atoms with Crippen molar-refractivity contribution in [3.8, 4) is 0 Å². The van der Waals surface area contributed by atoms with Crippen molar-refractivity contribution in [1.29, 1.82) is 5.41 Å². The molecule has 2 heteroatoms. The molecule has 0 amide bonds. The summed E-state index contributed by atoms with van der Waals surface area (Å²) in [6.07, 6.45) is 5.20. The first-order valence-corrected chi connectivity index (χ1v) is 3.39. The first-order valence-electron chi connectivity index (χ1n) is 3.39. The highest BCUT2D eigenvalue weighted by Gasteiger charge is 2.12. The lowest BCUT2D eigenvalue weighted by atomic mass is 10.1. The number of hydrogen-bond acceptors (Lipinski definition) is 2. The second-order valence-electron chi connectivity index (χ2n) is 2.33. The maximum atomic E-state index is 8.57. The van der Waals surface area contributed by atoms with E-state index in [-0.39, 0.29) is 0 Å². The Bertz CT molecular complexity index is 59.9. The average Bonchev–Trinajstić information content (AvgIpc) is 2.43. The Morgan fingerprint density at radius 3 is 2.00 bits per heavy atom. The lowest BCUT2D eigenvalue weighted by molar-refractivity contribution is 0.230. The van der Waals surface area contributed by atoms with Gasteiger partial charge in [0, 0.05) is 6.61 Å². The molecule has 1 rings (SSSR count). The van der Waals surface area contributed by atoms with Gasteiger partial charge in [0.1, 0.15) is 0 Å². The molecule has 1 fully saturated rings. The minimum Gasteiger partial charge on any atom is -0.396 e. The molecule has 2 nitrogen and oxygen atoms in total. The van der Waals surface area contributed by atoms with Gasteiger partial charge in [-0.15, -0.1) is 0 Å². The molecule has 9 heavy (non-hydrogen) atoms. The van der Waals surface area contributed by atoms with Gasteiger partial charge in [0.2, 0.25) is 0 Å². The Balaban J connectivity index is 0.000000291. The van der Waals surface area contributed by atoms with Crippen molar-refractivity contribution in [2.45, 2.75) is 25.7 Å². The predicted molar refractivity (Wildman–Crippen MR) is 38.9 cm³/mol. The molecular weight excluding hydrogens is 114 g/mol. The molecule has 0 aromatic heterocycles. The van der Waals surface area contributed by atoms with Gasteiger partial charge in [-0.05, 0) is 25.5 Å². The Morgan fingerprint density at radius 2 is 1.78 bits per heavy atom. The standard InChI is InChI=1S/C6H12O.CH3N/c7-5-6-3-1-2-4-6;1-2/h6-7H,1-5H2;2H,1H2. The van der Waals surface area contributed by atoms with Crippen molar-refractivity contribution in [1.82, 2.24) is 0 Å². The van der Waals surface area contributed by atoms with Gasteiger partial charge >= 0.3 is 0 Å². The first-order chi connectivity index (χ1) is 4.43. The summed E-state index contributed by atoms with van der Waals surface area (Å²) in [5.41, 5.74) is 0. The fourth-order valence-corrected chi connectivity index (χ4v) is 1.19. The first kappa shape index (κ1) is 8.63. The fourth-order valence-electron chi connectivity index (χ4n) is 1.19. The van der Waals surface area contributed by atoms with Gasteiger partial charge in [-0.3, -0.25) is 0 Å². The molecule has 0 bridgehead atoms. The fraction of sp³-hybridized carbons (Fsp3) is 0.857. The molecule has 0 aliphatic heterocycles. The minimum atomic E-state index is 0.417. The highest BCUT2D eigenvalue weighted by Crippen LogP contribution is 2.23. The Kier molecular flexibility index (Phi) is 5.52. The zero-order valence-corrected chi connectivity index (χ0v) is 5.77. The highest BCUT2D eigenvalue weighted by molar-refractivity contribution is 5.15. The molecule has 0 spiro atoms. The van der Waals surface area contributed by atoms with Gasteiger partial charge in [0.15, 0.2) is 0 Å². The van der Waals surface area contributed by atoms with Gasteiger partial charge in [0.05, 0.1) is 0 Å². The zero-order valence-electron chi connectivity index (χ0n) is 5.77. The summed E-state index contributed by atoms with van der Waals surface area (Å²) >= 11 is 0. The molecule has 0 unspecified atom stereocenters. The molecule has 54 valence electrons. The van der Waals surface area contributed by atoms with Crippen LogP contribution in [0.25, 0.3) is 0 Å².